The number of hydrogen-bond donors (Lipinski definition) is 1. The quantitative estimate of drug-likeness (QED) is 0.840. The molecule has 0 aliphatic rings. The van der Waals surface area contributed by atoms with Crippen molar-refractivity contribution in [3.8, 4) is 22.3 Å². The third-order valence-corrected chi connectivity index (χ3v) is 3.65. The summed E-state index contributed by atoms with van der Waals surface area (Å²) in [6.45, 7) is 5.76. The number of hydrogen-bond acceptors (Lipinski definition) is 3. The summed E-state index contributed by atoms with van der Waals surface area (Å²) in [4.78, 5) is 13.6. The van der Waals surface area contributed by atoms with Crippen LogP contribution in [-0.2, 0) is 4.74 Å². The minimum absolute atomic E-state index is 0.271. The molecular formula is C18H19NO2S. The van der Waals surface area contributed by atoms with Crippen LogP contribution in [0.2, 0.25) is 0 Å². The Balaban J connectivity index is 1.88. The highest BCUT2D eigenvalue weighted by atomic mass is 32.1. The molecule has 4 heteroatoms. The maximum Gasteiger partial charge on any atom is 0.408 e. The maximum atomic E-state index is 11.5. The van der Waals surface area contributed by atoms with Crippen LogP contribution < -0.4 is 5.32 Å². The van der Waals surface area contributed by atoms with E-state index >= 15 is 0 Å². The van der Waals surface area contributed by atoms with Crippen molar-refractivity contribution in [1.82, 2.24) is 5.32 Å². The Morgan fingerprint density at radius 2 is 1.91 bits per heavy atom. The van der Waals surface area contributed by atoms with Gasteiger partial charge >= 0.3 is 6.09 Å². The Morgan fingerprint density at radius 3 is 2.59 bits per heavy atom. The minimum atomic E-state index is -0.490. The van der Waals surface area contributed by atoms with Crippen LogP contribution in [0.5, 0.6) is 0 Å². The molecule has 0 atom stereocenters. The van der Waals surface area contributed by atoms with Gasteiger partial charge in [0.25, 0.3) is 0 Å². The van der Waals surface area contributed by atoms with Crippen molar-refractivity contribution in [2.45, 2.75) is 26.4 Å². The average Bonchev–Trinajstić information content (AvgIpc) is 2.91. The van der Waals surface area contributed by atoms with E-state index < -0.39 is 11.7 Å². The molecule has 2 aromatic rings. The zero-order chi connectivity index (χ0) is 16.0. The van der Waals surface area contributed by atoms with Gasteiger partial charge in [0.15, 0.2) is 0 Å². The third kappa shape index (κ3) is 5.27. The maximum absolute atomic E-state index is 11.5. The molecule has 1 amide bonds. The Labute approximate surface area is 135 Å². The fraction of sp³-hybridized carbons (Fsp3) is 0.278. The van der Waals surface area contributed by atoms with Gasteiger partial charge in [-0.1, -0.05) is 42.2 Å². The van der Waals surface area contributed by atoms with Crippen molar-refractivity contribution in [2.24, 2.45) is 0 Å². The van der Waals surface area contributed by atoms with Crippen molar-refractivity contribution in [1.29, 1.82) is 0 Å². The van der Waals surface area contributed by atoms with E-state index in [2.05, 4.69) is 35.4 Å². The van der Waals surface area contributed by atoms with Crippen molar-refractivity contribution in [2.75, 3.05) is 6.54 Å². The van der Waals surface area contributed by atoms with Gasteiger partial charge in [0.2, 0.25) is 0 Å². The molecule has 1 N–H and O–H groups in total. The molecule has 1 heterocycles. The summed E-state index contributed by atoms with van der Waals surface area (Å²) in [5.41, 5.74) is 0.697. The van der Waals surface area contributed by atoms with Gasteiger partial charge in [0, 0.05) is 4.88 Å². The molecule has 3 nitrogen and oxygen atoms in total. The van der Waals surface area contributed by atoms with Crippen LogP contribution in [0.25, 0.3) is 10.4 Å². The third-order valence-electron chi connectivity index (χ3n) is 2.60. The average molecular weight is 313 g/mol. The molecule has 0 spiro atoms. The lowest BCUT2D eigenvalue weighted by molar-refractivity contribution is 0.0535. The van der Waals surface area contributed by atoms with Gasteiger partial charge in [0.05, 0.1) is 11.4 Å². The van der Waals surface area contributed by atoms with Crippen LogP contribution in [0.15, 0.2) is 42.5 Å². The normalized spacial score (nSPS) is 10.5. The SMILES string of the molecule is CC(C)(C)OC(=O)NCC#Cc1ccc(-c2ccccc2)s1. The molecule has 0 saturated heterocycles. The second-order valence-electron chi connectivity index (χ2n) is 5.69. The molecular weight excluding hydrogens is 294 g/mol. The Kier molecular flexibility index (Phi) is 5.24. The number of nitrogens with one attached hydrogen (secondary N) is 1. The molecule has 0 saturated carbocycles. The van der Waals surface area contributed by atoms with E-state index in [0.29, 0.717) is 0 Å². The molecule has 0 fully saturated rings. The van der Waals surface area contributed by atoms with Gasteiger partial charge in [-0.15, -0.1) is 11.3 Å². The fourth-order valence-electron chi connectivity index (χ4n) is 1.72. The fourth-order valence-corrected chi connectivity index (χ4v) is 2.61. The lowest BCUT2D eigenvalue weighted by atomic mass is 10.2. The summed E-state index contributed by atoms with van der Waals surface area (Å²) in [6.07, 6.45) is -0.446. The van der Waals surface area contributed by atoms with Crippen LogP contribution >= 0.6 is 11.3 Å². The van der Waals surface area contributed by atoms with Crippen molar-refractivity contribution < 1.29 is 9.53 Å². The van der Waals surface area contributed by atoms with E-state index in [4.69, 9.17) is 4.74 Å². The Morgan fingerprint density at radius 1 is 1.18 bits per heavy atom. The van der Waals surface area contributed by atoms with Crippen LogP contribution in [0.1, 0.15) is 25.6 Å². The van der Waals surface area contributed by atoms with E-state index in [-0.39, 0.29) is 6.54 Å². The van der Waals surface area contributed by atoms with Crippen LogP contribution in [-0.4, -0.2) is 18.2 Å². The second kappa shape index (κ2) is 7.15. The molecule has 1 aromatic carbocycles. The topological polar surface area (TPSA) is 38.3 Å². The predicted octanol–water partition coefficient (Wildman–Crippen LogP) is 4.29. The number of thiophene rings is 1. The second-order valence-corrected chi connectivity index (χ2v) is 6.77. The van der Waals surface area contributed by atoms with Crippen LogP contribution in [0.4, 0.5) is 4.79 Å². The first-order valence-electron chi connectivity index (χ1n) is 7.05. The summed E-state index contributed by atoms with van der Waals surface area (Å²) in [6, 6.07) is 14.2. The number of alkyl carbamates (subject to hydrolysis) is 1. The number of benzene rings is 1. The standard InChI is InChI=1S/C18H19NO2S/c1-18(2,3)21-17(20)19-13-7-10-15-11-12-16(22-15)14-8-5-4-6-9-14/h4-6,8-9,11-12H,13H2,1-3H3,(H,19,20). The molecule has 0 radical (unpaired) electrons. The summed E-state index contributed by atoms with van der Waals surface area (Å²) in [5.74, 6) is 5.98. The predicted molar refractivity (Wildman–Crippen MR) is 90.9 cm³/mol. The lowest BCUT2D eigenvalue weighted by Gasteiger charge is -2.18. The summed E-state index contributed by atoms with van der Waals surface area (Å²) < 4.78 is 5.14. The Bertz CT molecular complexity index is 687. The largest absolute Gasteiger partial charge is 0.444 e. The molecule has 1 aromatic heterocycles. The molecule has 0 aliphatic carbocycles. The molecule has 0 aliphatic heterocycles. The minimum Gasteiger partial charge on any atom is -0.444 e. The number of rotatable bonds is 2. The molecule has 0 bridgehead atoms. The molecule has 0 unspecified atom stereocenters. The highest BCUT2D eigenvalue weighted by Gasteiger charge is 2.14. The van der Waals surface area contributed by atoms with Crippen LogP contribution in [0, 0.1) is 11.8 Å². The van der Waals surface area contributed by atoms with E-state index in [9.17, 15) is 4.79 Å². The van der Waals surface area contributed by atoms with E-state index in [1.54, 1.807) is 11.3 Å². The molecule has 114 valence electrons. The Hall–Kier alpha value is -2.25. The van der Waals surface area contributed by atoms with Gasteiger partial charge in [-0.25, -0.2) is 4.79 Å². The number of amides is 1. The highest BCUT2D eigenvalue weighted by Crippen LogP contribution is 2.27. The van der Waals surface area contributed by atoms with Gasteiger partial charge in [-0.05, 0) is 38.5 Å². The summed E-state index contributed by atoms with van der Waals surface area (Å²) >= 11 is 1.64. The van der Waals surface area contributed by atoms with Gasteiger partial charge in [-0.2, -0.15) is 0 Å². The summed E-state index contributed by atoms with van der Waals surface area (Å²) in [7, 11) is 0. The van der Waals surface area contributed by atoms with Gasteiger partial charge in [0.1, 0.15) is 5.60 Å². The first kappa shape index (κ1) is 16.1. The van der Waals surface area contributed by atoms with Gasteiger partial charge < -0.3 is 10.1 Å². The van der Waals surface area contributed by atoms with Crippen molar-refractivity contribution in [3.05, 3.63) is 47.3 Å². The van der Waals surface area contributed by atoms with Crippen molar-refractivity contribution >= 4 is 17.4 Å². The molecule has 22 heavy (non-hydrogen) atoms. The first-order valence-corrected chi connectivity index (χ1v) is 7.87. The smallest absolute Gasteiger partial charge is 0.408 e. The summed E-state index contributed by atoms with van der Waals surface area (Å²) in [5, 5.41) is 2.62. The monoisotopic (exact) mass is 313 g/mol. The van der Waals surface area contributed by atoms with E-state index in [1.165, 1.54) is 10.4 Å². The zero-order valence-electron chi connectivity index (χ0n) is 13.0. The highest BCUT2D eigenvalue weighted by molar-refractivity contribution is 7.16. The first-order chi connectivity index (χ1) is 10.4. The zero-order valence-corrected chi connectivity index (χ0v) is 13.8. The van der Waals surface area contributed by atoms with Crippen molar-refractivity contribution in [3.63, 3.8) is 0 Å². The number of carbonyl (C=O) groups excluding carboxylic acids is 1. The number of carbonyl (C=O) groups is 1. The van der Waals surface area contributed by atoms with E-state index in [1.807, 2.05) is 45.0 Å². The number of ether oxygens (including phenoxy) is 1. The van der Waals surface area contributed by atoms with E-state index in [0.717, 1.165) is 4.88 Å². The lowest BCUT2D eigenvalue weighted by Crippen LogP contribution is -2.32. The van der Waals surface area contributed by atoms with Crippen LogP contribution in [0.3, 0.4) is 0 Å². The molecule has 2 rings (SSSR count). The van der Waals surface area contributed by atoms with Gasteiger partial charge in [-0.3, -0.25) is 0 Å².